The zero-order valence-electron chi connectivity index (χ0n) is 13.8. The molecule has 0 spiro atoms. The Labute approximate surface area is 141 Å². The Morgan fingerprint density at radius 2 is 1.92 bits per heavy atom. The molecular formula is C17H22N6O. The van der Waals surface area contributed by atoms with Crippen molar-refractivity contribution in [2.24, 2.45) is 0 Å². The van der Waals surface area contributed by atoms with Crippen LogP contribution in [0.5, 0.6) is 0 Å². The van der Waals surface area contributed by atoms with Gasteiger partial charge in [0.25, 0.3) is 0 Å². The van der Waals surface area contributed by atoms with Gasteiger partial charge >= 0.3 is 0 Å². The Balaban J connectivity index is 1.44. The second-order valence-electron chi connectivity index (χ2n) is 6.40. The largest absolute Gasteiger partial charge is 0.352 e. The van der Waals surface area contributed by atoms with E-state index in [0.29, 0.717) is 0 Å². The first-order valence-electron chi connectivity index (χ1n) is 8.70. The number of aromatic nitrogens is 4. The molecular weight excluding hydrogens is 304 g/mol. The number of fused-ring (bicyclic) bond motifs is 1. The first kappa shape index (κ1) is 15.1. The third kappa shape index (κ3) is 2.86. The molecule has 0 unspecified atom stereocenters. The first-order chi connectivity index (χ1) is 11.8. The quantitative estimate of drug-likeness (QED) is 0.840. The van der Waals surface area contributed by atoms with Gasteiger partial charge in [-0.15, -0.1) is 0 Å². The Morgan fingerprint density at radius 1 is 1.04 bits per heavy atom. The molecule has 7 nitrogen and oxygen atoms in total. The molecule has 0 radical (unpaired) electrons. The maximum Gasteiger partial charge on any atom is 0.249 e. The fourth-order valence-corrected chi connectivity index (χ4v) is 3.51. The van der Waals surface area contributed by atoms with Crippen molar-refractivity contribution in [2.75, 3.05) is 31.1 Å². The lowest BCUT2D eigenvalue weighted by atomic mass is 10.1. The van der Waals surface area contributed by atoms with Gasteiger partial charge in [-0.3, -0.25) is 9.78 Å². The van der Waals surface area contributed by atoms with E-state index in [1.165, 1.54) is 12.8 Å². The number of hydrogen-bond acceptors (Lipinski definition) is 5. The average Bonchev–Trinajstić information content (AvgIpc) is 2.95. The highest BCUT2D eigenvalue weighted by Gasteiger charge is 2.25. The minimum atomic E-state index is 0.230. The maximum absolute atomic E-state index is 12.7. The summed E-state index contributed by atoms with van der Waals surface area (Å²) in [5.74, 6) is 1.17. The van der Waals surface area contributed by atoms with Crippen molar-refractivity contribution >= 4 is 17.4 Å². The molecule has 7 heteroatoms. The van der Waals surface area contributed by atoms with E-state index in [9.17, 15) is 4.79 Å². The van der Waals surface area contributed by atoms with Crippen LogP contribution in [0.4, 0.5) is 5.82 Å². The van der Waals surface area contributed by atoms with Crippen LogP contribution in [-0.2, 0) is 4.79 Å². The third-order valence-corrected chi connectivity index (χ3v) is 4.88. The summed E-state index contributed by atoms with van der Waals surface area (Å²) >= 11 is 0. The number of anilines is 1. The molecule has 2 aliphatic rings. The van der Waals surface area contributed by atoms with Crippen LogP contribution in [0.25, 0.3) is 5.65 Å². The lowest BCUT2D eigenvalue weighted by molar-refractivity contribution is -0.127. The number of carbonyl (C=O) groups is 1. The van der Waals surface area contributed by atoms with Crippen LogP contribution in [0.3, 0.4) is 0 Å². The molecule has 1 fully saturated rings. The van der Waals surface area contributed by atoms with Gasteiger partial charge in [-0.2, -0.15) is 9.61 Å². The van der Waals surface area contributed by atoms with E-state index in [2.05, 4.69) is 26.0 Å². The fourth-order valence-electron chi connectivity index (χ4n) is 3.51. The molecule has 0 N–H and O–H groups in total. The normalized spacial score (nSPS) is 19.2. The number of piperazine rings is 1. The van der Waals surface area contributed by atoms with Gasteiger partial charge in [-0.25, -0.2) is 4.98 Å². The second kappa shape index (κ2) is 6.59. The highest BCUT2D eigenvalue weighted by atomic mass is 16.2. The van der Waals surface area contributed by atoms with Gasteiger partial charge in [0.15, 0.2) is 11.5 Å². The second-order valence-corrected chi connectivity index (χ2v) is 6.40. The molecule has 1 amide bonds. The van der Waals surface area contributed by atoms with Crippen LogP contribution >= 0.6 is 0 Å². The molecule has 2 aromatic heterocycles. The zero-order valence-corrected chi connectivity index (χ0v) is 13.8. The molecule has 3 heterocycles. The molecule has 126 valence electrons. The van der Waals surface area contributed by atoms with Gasteiger partial charge in [-0.05, 0) is 25.7 Å². The number of amides is 1. The lowest BCUT2D eigenvalue weighted by Gasteiger charge is -2.36. The molecule has 4 rings (SSSR count). The highest BCUT2D eigenvalue weighted by Crippen LogP contribution is 2.21. The van der Waals surface area contributed by atoms with E-state index in [0.717, 1.165) is 62.5 Å². The van der Waals surface area contributed by atoms with E-state index in [1.807, 2.05) is 11.1 Å². The van der Waals surface area contributed by atoms with Gasteiger partial charge < -0.3 is 9.80 Å². The van der Waals surface area contributed by atoms with Gasteiger partial charge in [0.2, 0.25) is 5.91 Å². The molecule has 0 atom stereocenters. The summed E-state index contributed by atoms with van der Waals surface area (Å²) in [4.78, 5) is 25.4. The number of allylic oxidation sites excluding steroid dienone is 1. The summed E-state index contributed by atoms with van der Waals surface area (Å²) < 4.78 is 1.80. The summed E-state index contributed by atoms with van der Waals surface area (Å²) in [6.07, 6.45) is 12.8. The fraction of sp³-hybridized carbons (Fsp3) is 0.529. The third-order valence-electron chi connectivity index (χ3n) is 4.88. The molecule has 1 aliphatic carbocycles. The van der Waals surface area contributed by atoms with Crippen molar-refractivity contribution in [1.29, 1.82) is 0 Å². The van der Waals surface area contributed by atoms with Crippen LogP contribution in [0.1, 0.15) is 32.1 Å². The van der Waals surface area contributed by atoms with E-state index in [-0.39, 0.29) is 5.91 Å². The van der Waals surface area contributed by atoms with Crippen molar-refractivity contribution in [3.63, 3.8) is 0 Å². The Bertz CT molecular complexity index is 759. The summed E-state index contributed by atoms with van der Waals surface area (Å²) in [6.45, 7) is 3.06. The van der Waals surface area contributed by atoms with E-state index in [4.69, 9.17) is 0 Å². The molecule has 0 bridgehead atoms. The summed E-state index contributed by atoms with van der Waals surface area (Å²) in [6, 6.07) is 0. The highest BCUT2D eigenvalue weighted by molar-refractivity contribution is 5.93. The van der Waals surface area contributed by atoms with E-state index >= 15 is 0 Å². The molecule has 0 aromatic carbocycles. The topological polar surface area (TPSA) is 66.6 Å². The zero-order chi connectivity index (χ0) is 16.4. The minimum absolute atomic E-state index is 0.230. The lowest BCUT2D eigenvalue weighted by Crippen LogP contribution is -2.49. The molecule has 24 heavy (non-hydrogen) atoms. The summed E-state index contributed by atoms with van der Waals surface area (Å²) in [7, 11) is 0. The summed E-state index contributed by atoms with van der Waals surface area (Å²) in [5.41, 5.74) is 1.76. The van der Waals surface area contributed by atoms with Crippen LogP contribution < -0.4 is 4.90 Å². The first-order valence-corrected chi connectivity index (χ1v) is 8.70. The van der Waals surface area contributed by atoms with Gasteiger partial charge in [-0.1, -0.05) is 12.5 Å². The standard InChI is InChI=1S/C17H22N6O/c24-17(14-5-3-1-2-4-6-14)22-9-7-21(8-10-22)16-12-18-11-15-19-13-20-23(15)16/h5,11-13H,1-4,6-10H2. The molecule has 0 saturated carbocycles. The van der Waals surface area contributed by atoms with Crippen molar-refractivity contribution in [1.82, 2.24) is 24.5 Å². The van der Waals surface area contributed by atoms with Crippen molar-refractivity contribution < 1.29 is 4.79 Å². The number of carbonyl (C=O) groups excluding carboxylic acids is 1. The number of rotatable bonds is 2. The Hall–Kier alpha value is -2.44. The van der Waals surface area contributed by atoms with Gasteiger partial charge in [0.1, 0.15) is 6.33 Å². The van der Waals surface area contributed by atoms with Crippen molar-refractivity contribution in [3.8, 4) is 0 Å². The van der Waals surface area contributed by atoms with Gasteiger partial charge in [0, 0.05) is 31.8 Å². The van der Waals surface area contributed by atoms with Crippen LogP contribution in [-0.4, -0.2) is 56.6 Å². The number of nitrogens with zero attached hydrogens (tertiary/aromatic N) is 6. The average molecular weight is 326 g/mol. The molecule has 2 aromatic rings. The van der Waals surface area contributed by atoms with Crippen molar-refractivity contribution in [3.05, 3.63) is 30.4 Å². The molecule has 1 aliphatic heterocycles. The Kier molecular flexibility index (Phi) is 4.15. The van der Waals surface area contributed by atoms with Crippen LogP contribution in [0.15, 0.2) is 30.4 Å². The predicted octanol–water partition coefficient (Wildman–Crippen LogP) is 1.66. The number of hydrogen-bond donors (Lipinski definition) is 0. The van der Waals surface area contributed by atoms with Crippen molar-refractivity contribution in [2.45, 2.75) is 32.1 Å². The Morgan fingerprint density at radius 3 is 2.79 bits per heavy atom. The smallest absolute Gasteiger partial charge is 0.249 e. The minimum Gasteiger partial charge on any atom is -0.352 e. The van der Waals surface area contributed by atoms with Gasteiger partial charge in [0.05, 0.1) is 12.4 Å². The van der Waals surface area contributed by atoms with Crippen LogP contribution in [0.2, 0.25) is 0 Å². The maximum atomic E-state index is 12.7. The van der Waals surface area contributed by atoms with Crippen LogP contribution in [0, 0.1) is 0 Å². The summed E-state index contributed by atoms with van der Waals surface area (Å²) in [5, 5.41) is 4.27. The monoisotopic (exact) mass is 326 g/mol. The predicted molar refractivity (Wildman–Crippen MR) is 90.7 cm³/mol. The van der Waals surface area contributed by atoms with E-state index < -0.39 is 0 Å². The molecule has 1 saturated heterocycles. The van der Waals surface area contributed by atoms with E-state index in [1.54, 1.807) is 17.0 Å². The SMILES string of the molecule is O=C(C1=CCCCCC1)N1CCN(c2cncc3ncnn23)CC1.